The second-order valence-electron chi connectivity index (χ2n) is 4.55. The van der Waals surface area contributed by atoms with Crippen molar-refractivity contribution in [2.45, 2.75) is 59.1 Å². The summed E-state index contributed by atoms with van der Waals surface area (Å²) < 4.78 is 5.48. The van der Waals surface area contributed by atoms with E-state index in [0.29, 0.717) is 12.1 Å². The van der Waals surface area contributed by atoms with E-state index in [1.807, 2.05) is 0 Å². The summed E-state index contributed by atoms with van der Waals surface area (Å²) in [7, 11) is 2.19. The van der Waals surface area contributed by atoms with Crippen molar-refractivity contribution in [1.29, 1.82) is 0 Å². The lowest BCUT2D eigenvalue weighted by molar-refractivity contribution is 0.0752. The first kappa shape index (κ1) is 13.9. The summed E-state index contributed by atoms with van der Waals surface area (Å²) in [6, 6.07) is 0.668. The van der Waals surface area contributed by atoms with Gasteiger partial charge < -0.3 is 9.64 Å². The second kappa shape index (κ2) is 8.25. The molecule has 0 atom stereocenters. The van der Waals surface area contributed by atoms with Crippen LogP contribution in [0.1, 0.15) is 47.0 Å². The van der Waals surface area contributed by atoms with Gasteiger partial charge in [-0.05, 0) is 60.5 Å². The second-order valence-corrected chi connectivity index (χ2v) is 4.55. The van der Waals surface area contributed by atoms with E-state index in [9.17, 15) is 0 Å². The van der Waals surface area contributed by atoms with Crippen LogP contribution in [0.25, 0.3) is 0 Å². The van der Waals surface area contributed by atoms with Gasteiger partial charge in [0.15, 0.2) is 0 Å². The van der Waals surface area contributed by atoms with Crippen LogP contribution in [0.2, 0.25) is 0 Å². The van der Waals surface area contributed by atoms with Gasteiger partial charge in [-0.1, -0.05) is 0 Å². The molecule has 2 heteroatoms. The van der Waals surface area contributed by atoms with Gasteiger partial charge >= 0.3 is 0 Å². The maximum atomic E-state index is 5.48. The molecule has 0 aliphatic carbocycles. The molecule has 0 aromatic heterocycles. The maximum absolute atomic E-state index is 5.48. The van der Waals surface area contributed by atoms with Crippen LogP contribution in [-0.4, -0.2) is 37.2 Å². The highest BCUT2D eigenvalue weighted by Crippen LogP contribution is 2.01. The van der Waals surface area contributed by atoms with Crippen molar-refractivity contribution in [2.75, 3.05) is 20.2 Å². The first-order chi connectivity index (χ1) is 6.54. The molecule has 0 aromatic carbocycles. The zero-order chi connectivity index (χ0) is 11.0. The molecule has 0 aliphatic rings. The molecule has 14 heavy (non-hydrogen) atoms. The van der Waals surface area contributed by atoms with E-state index >= 15 is 0 Å². The summed E-state index contributed by atoms with van der Waals surface area (Å²) in [5, 5.41) is 0. The molecule has 0 saturated carbocycles. The summed E-state index contributed by atoms with van der Waals surface area (Å²) in [6.07, 6.45) is 4.15. The van der Waals surface area contributed by atoms with Crippen molar-refractivity contribution >= 4 is 0 Å². The molecule has 0 radical (unpaired) electrons. The monoisotopic (exact) mass is 201 g/mol. The Morgan fingerprint density at radius 1 is 1.00 bits per heavy atom. The van der Waals surface area contributed by atoms with E-state index in [2.05, 4.69) is 39.6 Å². The van der Waals surface area contributed by atoms with Crippen LogP contribution in [0.4, 0.5) is 0 Å². The van der Waals surface area contributed by atoms with Crippen LogP contribution < -0.4 is 0 Å². The van der Waals surface area contributed by atoms with E-state index in [0.717, 1.165) is 6.61 Å². The predicted octanol–water partition coefficient (Wildman–Crippen LogP) is 2.92. The van der Waals surface area contributed by atoms with E-state index in [4.69, 9.17) is 4.74 Å². The highest BCUT2D eigenvalue weighted by molar-refractivity contribution is 4.56. The fourth-order valence-corrected chi connectivity index (χ4v) is 1.22. The summed E-state index contributed by atoms with van der Waals surface area (Å²) in [6.45, 7) is 10.8. The fourth-order valence-electron chi connectivity index (χ4n) is 1.22. The van der Waals surface area contributed by atoms with Gasteiger partial charge in [0, 0.05) is 12.6 Å². The minimum absolute atomic E-state index is 0.383. The third-order valence-corrected chi connectivity index (χ3v) is 2.49. The maximum Gasteiger partial charge on any atom is 0.0518 e. The molecule has 0 saturated heterocycles. The molecular formula is C12H27NO. The van der Waals surface area contributed by atoms with Gasteiger partial charge in [-0.2, -0.15) is 0 Å². The first-order valence-corrected chi connectivity index (χ1v) is 5.86. The van der Waals surface area contributed by atoms with Crippen LogP contribution in [0.5, 0.6) is 0 Å². The molecule has 0 aromatic rings. The predicted molar refractivity (Wildman–Crippen MR) is 62.7 cm³/mol. The zero-order valence-corrected chi connectivity index (χ0v) is 10.5. The Morgan fingerprint density at radius 3 is 2.14 bits per heavy atom. The summed E-state index contributed by atoms with van der Waals surface area (Å²) >= 11 is 0. The van der Waals surface area contributed by atoms with Crippen LogP contribution in [0.15, 0.2) is 0 Å². The van der Waals surface area contributed by atoms with E-state index in [1.165, 1.54) is 25.8 Å². The molecule has 0 fully saturated rings. The van der Waals surface area contributed by atoms with Crippen molar-refractivity contribution in [2.24, 2.45) is 0 Å². The van der Waals surface area contributed by atoms with Crippen LogP contribution in [0.3, 0.4) is 0 Å². The van der Waals surface area contributed by atoms with Crippen LogP contribution in [-0.2, 0) is 4.74 Å². The molecule has 0 unspecified atom stereocenters. The Balaban J connectivity index is 3.13. The lowest BCUT2D eigenvalue weighted by Crippen LogP contribution is -2.27. The zero-order valence-electron chi connectivity index (χ0n) is 10.5. The van der Waals surface area contributed by atoms with Gasteiger partial charge in [0.2, 0.25) is 0 Å². The van der Waals surface area contributed by atoms with Crippen molar-refractivity contribution in [3.05, 3.63) is 0 Å². The number of unbranched alkanes of at least 4 members (excludes halogenated alkanes) is 2. The number of rotatable bonds is 8. The van der Waals surface area contributed by atoms with Gasteiger partial charge in [-0.15, -0.1) is 0 Å². The van der Waals surface area contributed by atoms with Crippen molar-refractivity contribution in [3.8, 4) is 0 Å². The van der Waals surface area contributed by atoms with Gasteiger partial charge in [0.1, 0.15) is 0 Å². The Bertz CT molecular complexity index is 123. The van der Waals surface area contributed by atoms with Crippen molar-refractivity contribution in [1.82, 2.24) is 4.90 Å². The smallest absolute Gasteiger partial charge is 0.0518 e. The van der Waals surface area contributed by atoms with E-state index < -0.39 is 0 Å². The Hall–Kier alpha value is -0.0800. The lowest BCUT2D eigenvalue weighted by Gasteiger charge is -2.20. The first-order valence-electron chi connectivity index (χ1n) is 5.86. The number of nitrogens with zero attached hydrogens (tertiary/aromatic N) is 1. The molecule has 0 rings (SSSR count). The molecule has 0 aliphatic heterocycles. The molecule has 0 bridgehead atoms. The minimum Gasteiger partial charge on any atom is -0.379 e. The molecule has 2 nitrogen and oxygen atoms in total. The van der Waals surface area contributed by atoms with E-state index in [-0.39, 0.29) is 0 Å². The van der Waals surface area contributed by atoms with Gasteiger partial charge in [0.25, 0.3) is 0 Å². The number of ether oxygens (including phenoxy) is 1. The highest BCUT2D eigenvalue weighted by atomic mass is 16.5. The van der Waals surface area contributed by atoms with Crippen molar-refractivity contribution < 1.29 is 4.74 Å². The normalized spacial score (nSPS) is 12.0. The van der Waals surface area contributed by atoms with Crippen LogP contribution >= 0.6 is 0 Å². The average Bonchev–Trinajstić information content (AvgIpc) is 2.09. The highest BCUT2D eigenvalue weighted by Gasteiger charge is 2.01. The Kier molecular flexibility index (Phi) is 8.20. The quantitative estimate of drug-likeness (QED) is 0.560. The number of hydrogen-bond acceptors (Lipinski definition) is 2. The topological polar surface area (TPSA) is 12.5 Å². The molecule has 0 N–H and O–H groups in total. The standard InChI is InChI=1S/C12H27NO/c1-11(2)13(5)9-7-6-8-10-14-12(3)4/h11-12H,6-10H2,1-5H3. The SMILES string of the molecule is CC(C)OCCCCCN(C)C(C)C. The Morgan fingerprint density at radius 2 is 1.64 bits per heavy atom. The molecule has 0 spiro atoms. The minimum atomic E-state index is 0.383. The third kappa shape index (κ3) is 8.52. The molecule has 0 heterocycles. The summed E-state index contributed by atoms with van der Waals surface area (Å²) in [5.74, 6) is 0. The molecular weight excluding hydrogens is 174 g/mol. The lowest BCUT2D eigenvalue weighted by atomic mass is 10.2. The third-order valence-electron chi connectivity index (χ3n) is 2.49. The summed E-state index contributed by atoms with van der Waals surface area (Å²) in [4.78, 5) is 2.39. The number of hydrogen-bond donors (Lipinski definition) is 0. The molecule has 0 amide bonds. The largest absolute Gasteiger partial charge is 0.379 e. The Labute approximate surface area is 89.6 Å². The fraction of sp³-hybridized carbons (Fsp3) is 1.00. The van der Waals surface area contributed by atoms with Gasteiger partial charge in [-0.3, -0.25) is 0 Å². The van der Waals surface area contributed by atoms with E-state index in [1.54, 1.807) is 0 Å². The average molecular weight is 201 g/mol. The summed E-state index contributed by atoms with van der Waals surface area (Å²) in [5.41, 5.74) is 0. The van der Waals surface area contributed by atoms with Crippen molar-refractivity contribution in [3.63, 3.8) is 0 Å². The van der Waals surface area contributed by atoms with Crippen LogP contribution in [0, 0.1) is 0 Å². The molecule has 86 valence electrons. The van der Waals surface area contributed by atoms with Gasteiger partial charge in [-0.25, -0.2) is 0 Å². The van der Waals surface area contributed by atoms with Gasteiger partial charge in [0.05, 0.1) is 6.10 Å².